The van der Waals surface area contributed by atoms with Crippen LogP contribution < -0.4 is 10.9 Å². The van der Waals surface area contributed by atoms with Crippen LogP contribution in [0.5, 0.6) is 0 Å². The van der Waals surface area contributed by atoms with Gasteiger partial charge in [0.05, 0.1) is 16.5 Å². The quantitative estimate of drug-likeness (QED) is 0.585. The summed E-state index contributed by atoms with van der Waals surface area (Å²) < 4.78 is 39.0. The van der Waals surface area contributed by atoms with Gasteiger partial charge in [0.1, 0.15) is 0 Å². The van der Waals surface area contributed by atoms with Gasteiger partial charge in [-0.1, -0.05) is 37.2 Å². The topological polar surface area (TPSA) is 74.8 Å². The number of nitrogens with zero attached hydrogens (tertiary/aromatic N) is 1. The maximum atomic E-state index is 13.0. The lowest BCUT2D eigenvalue weighted by Crippen LogP contribution is -2.25. The van der Waals surface area contributed by atoms with Gasteiger partial charge in [0.2, 0.25) is 5.91 Å². The summed E-state index contributed by atoms with van der Waals surface area (Å²) in [5.74, 6) is -0.616. The molecule has 0 fully saturated rings. The third-order valence-corrected chi connectivity index (χ3v) is 4.41. The van der Waals surface area contributed by atoms with Crippen LogP contribution in [0.2, 0.25) is 0 Å². The molecule has 5 nitrogen and oxygen atoms in total. The number of hydrogen-bond donors (Lipinski definition) is 2. The highest BCUT2D eigenvalue weighted by atomic mass is 32.2. The molecule has 0 unspecified atom stereocenters. The lowest BCUT2D eigenvalue weighted by Gasteiger charge is -2.16. The molecule has 2 rings (SSSR count). The minimum atomic E-state index is -4.57. The number of nitrogens with one attached hydrogen (secondary N) is 2. The highest BCUT2D eigenvalue weighted by Crippen LogP contribution is 2.35. The second-order valence-corrected chi connectivity index (χ2v) is 6.91. The lowest BCUT2D eigenvalue weighted by molar-refractivity contribution is -0.137. The molecule has 1 aromatic heterocycles. The van der Waals surface area contributed by atoms with E-state index in [2.05, 4.69) is 15.3 Å². The summed E-state index contributed by atoms with van der Waals surface area (Å²) in [6.45, 7) is 3.48. The number of carbonyl (C=O) groups excluding carboxylic acids is 1. The van der Waals surface area contributed by atoms with Crippen LogP contribution in [0.15, 0.2) is 40.3 Å². The first-order chi connectivity index (χ1) is 12.2. The fourth-order valence-electron chi connectivity index (χ4n) is 2.22. The van der Waals surface area contributed by atoms with Crippen LogP contribution in [-0.2, 0) is 17.4 Å². The molecule has 0 bridgehead atoms. The maximum absolute atomic E-state index is 13.0. The summed E-state index contributed by atoms with van der Waals surface area (Å²) in [5, 5.41) is 1.80. The molecule has 0 spiro atoms. The van der Waals surface area contributed by atoms with Crippen molar-refractivity contribution in [2.24, 2.45) is 0 Å². The number of amides is 1. The molecule has 1 heterocycles. The second-order valence-electron chi connectivity index (χ2n) is 5.58. The van der Waals surface area contributed by atoms with Crippen molar-refractivity contribution in [1.29, 1.82) is 0 Å². The number of para-hydroxylation sites is 1. The molecule has 0 aliphatic rings. The zero-order valence-corrected chi connectivity index (χ0v) is 15.0. The number of rotatable bonds is 6. The summed E-state index contributed by atoms with van der Waals surface area (Å²) in [7, 11) is 0. The Balaban J connectivity index is 2.13. The van der Waals surface area contributed by atoms with E-state index in [4.69, 9.17) is 0 Å². The Labute approximate surface area is 152 Å². The van der Waals surface area contributed by atoms with Gasteiger partial charge in [0.25, 0.3) is 5.56 Å². The Morgan fingerprint density at radius 2 is 2.04 bits per heavy atom. The monoisotopic (exact) mass is 385 g/mol. The van der Waals surface area contributed by atoms with Crippen molar-refractivity contribution in [3.8, 4) is 0 Å². The summed E-state index contributed by atoms with van der Waals surface area (Å²) in [6, 6.07) is 6.15. The van der Waals surface area contributed by atoms with Crippen molar-refractivity contribution in [2.75, 3.05) is 5.32 Å². The molecule has 0 saturated heterocycles. The Hall–Kier alpha value is -2.29. The van der Waals surface area contributed by atoms with Crippen molar-refractivity contribution < 1.29 is 18.0 Å². The zero-order chi connectivity index (χ0) is 19.3. The van der Waals surface area contributed by atoms with Crippen LogP contribution in [0.3, 0.4) is 0 Å². The predicted molar refractivity (Wildman–Crippen MR) is 94.2 cm³/mol. The minimum Gasteiger partial charge on any atom is -0.325 e. The summed E-state index contributed by atoms with van der Waals surface area (Å²) >= 11 is 0.979. The van der Waals surface area contributed by atoms with Gasteiger partial charge in [0.15, 0.2) is 5.16 Å². The van der Waals surface area contributed by atoms with Crippen LogP contribution in [0.1, 0.15) is 31.5 Å². The normalized spacial score (nSPS) is 12.7. The molecular formula is C17H18F3N3O2S. The van der Waals surface area contributed by atoms with E-state index in [0.717, 1.165) is 24.2 Å². The SMILES string of the molecule is CCCc1cc(=O)[nH]c(S[C@H](C)C(=O)Nc2ccccc2C(F)(F)F)n1. The lowest BCUT2D eigenvalue weighted by atomic mass is 10.1. The summed E-state index contributed by atoms with van der Waals surface area (Å²) in [6.07, 6.45) is -3.14. The minimum absolute atomic E-state index is 0.257. The van der Waals surface area contributed by atoms with Crippen LogP contribution in [0.25, 0.3) is 0 Å². The second kappa shape index (κ2) is 8.39. The van der Waals surface area contributed by atoms with Gasteiger partial charge in [-0.05, 0) is 25.5 Å². The van der Waals surface area contributed by atoms with Gasteiger partial charge in [-0.2, -0.15) is 13.2 Å². The Morgan fingerprint density at radius 1 is 1.35 bits per heavy atom. The van der Waals surface area contributed by atoms with Crippen molar-refractivity contribution in [3.05, 3.63) is 51.9 Å². The molecule has 0 radical (unpaired) electrons. The number of halogens is 3. The summed E-state index contributed by atoms with van der Waals surface area (Å²) in [5.41, 5.74) is -0.949. The molecule has 0 aliphatic carbocycles. The molecule has 1 atom stereocenters. The highest BCUT2D eigenvalue weighted by Gasteiger charge is 2.33. The highest BCUT2D eigenvalue weighted by molar-refractivity contribution is 8.00. The number of aromatic amines is 1. The number of H-pyrrole nitrogens is 1. The molecule has 140 valence electrons. The molecule has 2 N–H and O–H groups in total. The van der Waals surface area contributed by atoms with Gasteiger partial charge < -0.3 is 10.3 Å². The third kappa shape index (κ3) is 5.35. The molecule has 2 aromatic rings. The van der Waals surface area contributed by atoms with E-state index in [-0.39, 0.29) is 16.4 Å². The van der Waals surface area contributed by atoms with Gasteiger partial charge in [-0.25, -0.2) is 4.98 Å². The van der Waals surface area contributed by atoms with Crippen LogP contribution >= 0.6 is 11.8 Å². The van der Waals surface area contributed by atoms with Crippen molar-refractivity contribution in [1.82, 2.24) is 9.97 Å². The predicted octanol–water partition coefficient (Wildman–Crippen LogP) is 3.86. The van der Waals surface area contributed by atoms with E-state index in [1.807, 2.05) is 6.92 Å². The molecule has 1 amide bonds. The number of aryl methyl sites for hydroxylation is 1. The average Bonchev–Trinajstić information content (AvgIpc) is 2.54. The van der Waals surface area contributed by atoms with Gasteiger partial charge in [-0.15, -0.1) is 0 Å². The van der Waals surface area contributed by atoms with Crippen molar-refractivity contribution in [2.45, 2.75) is 43.3 Å². The number of anilines is 1. The molecule has 26 heavy (non-hydrogen) atoms. The first-order valence-corrected chi connectivity index (χ1v) is 8.82. The number of hydrogen-bond acceptors (Lipinski definition) is 4. The molecule has 9 heteroatoms. The number of benzene rings is 1. The number of thioether (sulfide) groups is 1. The van der Waals surface area contributed by atoms with E-state index < -0.39 is 22.9 Å². The largest absolute Gasteiger partial charge is 0.418 e. The van der Waals surface area contributed by atoms with E-state index in [9.17, 15) is 22.8 Å². The van der Waals surface area contributed by atoms with Crippen molar-refractivity contribution in [3.63, 3.8) is 0 Å². The number of aromatic nitrogens is 2. The Bertz CT molecular complexity index is 836. The Kier molecular flexibility index (Phi) is 6.47. The molecule has 0 aliphatic heterocycles. The fourth-order valence-corrected chi connectivity index (χ4v) is 3.05. The van der Waals surface area contributed by atoms with Crippen molar-refractivity contribution >= 4 is 23.4 Å². The van der Waals surface area contributed by atoms with E-state index in [1.165, 1.54) is 31.2 Å². The van der Waals surface area contributed by atoms with Gasteiger partial charge >= 0.3 is 6.18 Å². The van der Waals surface area contributed by atoms with Gasteiger partial charge in [0, 0.05) is 11.8 Å². The van der Waals surface area contributed by atoms with Crippen LogP contribution in [0, 0.1) is 0 Å². The van der Waals surface area contributed by atoms with Crippen LogP contribution in [0.4, 0.5) is 18.9 Å². The van der Waals surface area contributed by atoms with E-state index in [1.54, 1.807) is 0 Å². The standard InChI is InChI=1S/C17H18F3N3O2S/c1-3-6-11-9-14(24)23-16(21-11)26-10(2)15(25)22-13-8-5-4-7-12(13)17(18,19)20/h4-5,7-10H,3,6H2,1-2H3,(H,22,25)(H,21,23,24)/t10-/m1/s1. The number of alkyl halides is 3. The van der Waals surface area contributed by atoms with E-state index in [0.29, 0.717) is 12.1 Å². The Morgan fingerprint density at radius 3 is 2.69 bits per heavy atom. The smallest absolute Gasteiger partial charge is 0.325 e. The maximum Gasteiger partial charge on any atom is 0.418 e. The first-order valence-electron chi connectivity index (χ1n) is 7.94. The number of carbonyl (C=O) groups is 1. The molecule has 0 saturated carbocycles. The third-order valence-electron chi connectivity index (χ3n) is 3.43. The zero-order valence-electron chi connectivity index (χ0n) is 14.2. The van der Waals surface area contributed by atoms with Crippen LogP contribution in [-0.4, -0.2) is 21.1 Å². The summed E-state index contributed by atoms with van der Waals surface area (Å²) in [4.78, 5) is 30.7. The van der Waals surface area contributed by atoms with E-state index >= 15 is 0 Å². The average molecular weight is 385 g/mol. The molecular weight excluding hydrogens is 367 g/mol. The first kappa shape index (κ1) is 20.0. The molecule has 1 aromatic carbocycles. The van der Waals surface area contributed by atoms with Gasteiger partial charge in [-0.3, -0.25) is 9.59 Å². The fraction of sp³-hybridized carbons (Fsp3) is 0.353.